The molecule has 0 aromatic carbocycles. The molecule has 0 aliphatic carbocycles. The molecule has 1 aliphatic heterocycles. The third-order valence-corrected chi connectivity index (χ3v) is 2.59. The summed E-state index contributed by atoms with van der Waals surface area (Å²) in [6, 6.07) is -0.115. The maximum Gasteiger partial charge on any atom is 0.287 e. The quantitative estimate of drug-likeness (QED) is 0.719. The van der Waals surface area contributed by atoms with Gasteiger partial charge in [-0.25, -0.2) is 4.98 Å². The van der Waals surface area contributed by atoms with Crippen LogP contribution in [0.1, 0.15) is 22.7 Å². The van der Waals surface area contributed by atoms with Gasteiger partial charge < -0.3 is 15.2 Å². The van der Waals surface area contributed by atoms with E-state index in [4.69, 9.17) is 0 Å². The zero-order valence-corrected chi connectivity index (χ0v) is 9.28. The molecule has 1 aromatic rings. The minimum absolute atomic E-state index is 0.0564. The predicted molar refractivity (Wildman–Crippen MR) is 56.8 cm³/mol. The molecule has 1 unspecified atom stereocenters. The number of carbonyl (C=O) groups excluding carboxylic acids is 2. The summed E-state index contributed by atoms with van der Waals surface area (Å²) in [6.07, 6.45) is 1.96. The van der Waals surface area contributed by atoms with E-state index in [2.05, 4.69) is 15.3 Å². The summed E-state index contributed by atoms with van der Waals surface area (Å²) >= 11 is 0. The second-order valence-electron chi connectivity index (χ2n) is 4.06. The first-order valence-corrected chi connectivity index (χ1v) is 5.12. The zero-order valence-electron chi connectivity index (χ0n) is 9.28. The molecule has 1 atom stereocenters. The van der Waals surface area contributed by atoms with Gasteiger partial charge in [-0.05, 0) is 6.92 Å². The number of carbonyl (C=O) groups is 2. The number of rotatable bonds is 2. The average molecular weight is 222 g/mol. The van der Waals surface area contributed by atoms with Gasteiger partial charge in [0.2, 0.25) is 5.91 Å². The third kappa shape index (κ3) is 2.05. The molecule has 0 saturated carbocycles. The fraction of sp³-hybridized carbons (Fsp3) is 0.500. The van der Waals surface area contributed by atoms with E-state index in [1.165, 1.54) is 0 Å². The molecule has 86 valence electrons. The van der Waals surface area contributed by atoms with Gasteiger partial charge in [0, 0.05) is 31.9 Å². The van der Waals surface area contributed by atoms with E-state index in [9.17, 15) is 9.59 Å². The number of likely N-dealkylation sites (tertiary alicyclic amines) is 1. The van der Waals surface area contributed by atoms with Gasteiger partial charge >= 0.3 is 0 Å². The van der Waals surface area contributed by atoms with E-state index >= 15 is 0 Å². The zero-order chi connectivity index (χ0) is 11.7. The van der Waals surface area contributed by atoms with Crippen molar-refractivity contribution in [3.63, 3.8) is 0 Å². The summed E-state index contributed by atoms with van der Waals surface area (Å²) in [6.45, 7) is 2.39. The lowest BCUT2D eigenvalue weighted by Crippen LogP contribution is -2.37. The van der Waals surface area contributed by atoms with Crippen LogP contribution in [-0.4, -0.2) is 46.3 Å². The van der Waals surface area contributed by atoms with Crippen molar-refractivity contribution >= 4 is 11.8 Å². The highest BCUT2D eigenvalue weighted by molar-refractivity contribution is 5.91. The highest BCUT2D eigenvalue weighted by atomic mass is 16.2. The molecule has 0 bridgehead atoms. The average Bonchev–Trinajstić information content (AvgIpc) is 2.75. The minimum atomic E-state index is -0.263. The number of aromatic amines is 1. The molecule has 2 N–H and O–H groups in total. The Bertz CT molecular complexity index is 426. The standard InChI is InChI=1S/C10H14N4O2/c1-6-4-11-9(12-6)10(16)13-7-3-8(15)14(2)5-7/h4,7H,3,5H2,1-2H3,(H,11,12)(H,13,16). The normalized spacial score (nSPS) is 20.2. The van der Waals surface area contributed by atoms with Gasteiger partial charge in [-0.3, -0.25) is 9.59 Å². The van der Waals surface area contributed by atoms with Crippen molar-refractivity contribution in [2.45, 2.75) is 19.4 Å². The Kier molecular flexibility index (Phi) is 2.64. The van der Waals surface area contributed by atoms with Gasteiger partial charge in [-0.15, -0.1) is 0 Å². The molecule has 0 radical (unpaired) electrons. The Morgan fingerprint density at radius 1 is 1.69 bits per heavy atom. The molecule has 2 amide bonds. The molecular formula is C10H14N4O2. The largest absolute Gasteiger partial charge is 0.344 e. The summed E-state index contributed by atoms with van der Waals surface area (Å²) in [5, 5.41) is 2.77. The molecule has 2 heterocycles. The third-order valence-electron chi connectivity index (χ3n) is 2.59. The lowest BCUT2D eigenvalue weighted by atomic mass is 10.2. The van der Waals surface area contributed by atoms with Gasteiger partial charge in [0.25, 0.3) is 5.91 Å². The van der Waals surface area contributed by atoms with E-state index in [1.807, 2.05) is 6.92 Å². The summed E-state index contributed by atoms with van der Waals surface area (Å²) < 4.78 is 0. The fourth-order valence-electron chi connectivity index (χ4n) is 1.74. The van der Waals surface area contributed by atoms with Gasteiger partial charge in [0.15, 0.2) is 5.82 Å². The first-order valence-electron chi connectivity index (χ1n) is 5.12. The molecular weight excluding hydrogens is 208 g/mol. The van der Waals surface area contributed by atoms with Crippen molar-refractivity contribution in [3.05, 3.63) is 17.7 Å². The number of hydrogen-bond donors (Lipinski definition) is 2. The maximum absolute atomic E-state index is 11.7. The van der Waals surface area contributed by atoms with Crippen LogP contribution in [0, 0.1) is 6.92 Å². The van der Waals surface area contributed by atoms with E-state index in [-0.39, 0.29) is 17.9 Å². The Morgan fingerprint density at radius 2 is 2.44 bits per heavy atom. The number of imidazole rings is 1. The molecule has 1 fully saturated rings. The van der Waals surface area contributed by atoms with Crippen molar-refractivity contribution in [3.8, 4) is 0 Å². The van der Waals surface area contributed by atoms with Gasteiger partial charge in [-0.1, -0.05) is 0 Å². The second kappa shape index (κ2) is 3.96. The topological polar surface area (TPSA) is 78.1 Å². The summed E-state index contributed by atoms with van der Waals surface area (Å²) in [5.74, 6) is 0.0848. The van der Waals surface area contributed by atoms with E-state index in [0.717, 1.165) is 5.69 Å². The number of nitrogens with one attached hydrogen (secondary N) is 2. The van der Waals surface area contributed by atoms with Gasteiger partial charge in [-0.2, -0.15) is 0 Å². The van der Waals surface area contributed by atoms with Crippen LogP contribution in [0.5, 0.6) is 0 Å². The van der Waals surface area contributed by atoms with Gasteiger partial charge in [0.1, 0.15) is 0 Å². The van der Waals surface area contributed by atoms with E-state index in [0.29, 0.717) is 18.8 Å². The lowest BCUT2D eigenvalue weighted by molar-refractivity contribution is -0.126. The molecule has 2 rings (SSSR count). The molecule has 16 heavy (non-hydrogen) atoms. The van der Waals surface area contributed by atoms with Crippen molar-refractivity contribution in [1.29, 1.82) is 0 Å². The Morgan fingerprint density at radius 3 is 2.94 bits per heavy atom. The summed E-state index contributed by atoms with van der Waals surface area (Å²) in [4.78, 5) is 31.3. The van der Waals surface area contributed by atoms with Crippen LogP contribution in [-0.2, 0) is 4.79 Å². The monoisotopic (exact) mass is 222 g/mol. The van der Waals surface area contributed by atoms with Crippen molar-refractivity contribution < 1.29 is 9.59 Å². The second-order valence-corrected chi connectivity index (χ2v) is 4.06. The predicted octanol–water partition coefficient (Wildman–Crippen LogP) is -0.321. The van der Waals surface area contributed by atoms with E-state index < -0.39 is 0 Å². The number of aromatic nitrogens is 2. The van der Waals surface area contributed by atoms with Crippen LogP contribution in [0.25, 0.3) is 0 Å². The van der Waals surface area contributed by atoms with Gasteiger partial charge in [0.05, 0.1) is 6.04 Å². The van der Waals surface area contributed by atoms with Crippen molar-refractivity contribution in [2.75, 3.05) is 13.6 Å². The highest BCUT2D eigenvalue weighted by Gasteiger charge is 2.28. The fourth-order valence-corrected chi connectivity index (χ4v) is 1.74. The molecule has 1 aliphatic rings. The van der Waals surface area contributed by atoms with Crippen LogP contribution >= 0.6 is 0 Å². The van der Waals surface area contributed by atoms with Crippen molar-refractivity contribution in [2.24, 2.45) is 0 Å². The van der Waals surface area contributed by atoms with Crippen LogP contribution in [0.3, 0.4) is 0 Å². The Balaban J connectivity index is 1.96. The van der Waals surface area contributed by atoms with E-state index in [1.54, 1.807) is 18.1 Å². The number of H-pyrrole nitrogens is 1. The Labute approximate surface area is 93.0 Å². The lowest BCUT2D eigenvalue weighted by Gasteiger charge is -2.10. The molecule has 0 spiro atoms. The number of nitrogens with zero attached hydrogens (tertiary/aromatic N) is 2. The SMILES string of the molecule is Cc1cnc(C(=O)NC2CC(=O)N(C)C2)[nH]1. The first kappa shape index (κ1) is 10.7. The Hall–Kier alpha value is -1.85. The molecule has 1 aromatic heterocycles. The smallest absolute Gasteiger partial charge is 0.287 e. The molecule has 6 heteroatoms. The van der Waals surface area contributed by atoms with Crippen molar-refractivity contribution in [1.82, 2.24) is 20.2 Å². The summed E-state index contributed by atoms with van der Waals surface area (Å²) in [7, 11) is 1.73. The number of hydrogen-bond acceptors (Lipinski definition) is 3. The maximum atomic E-state index is 11.7. The highest BCUT2D eigenvalue weighted by Crippen LogP contribution is 2.08. The molecule has 6 nitrogen and oxygen atoms in total. The van der Waals surface area contributed by atoms with Crippen LogP contribution in [0.2, 0.25) is 0 Å². The summed E-state index contributed by atoms with van der Waals surface area (Å²) in [5.41, 5.74) is 0.838. The molecule has 1 saturated heterocycles. The van der Waals surface area contributed by atoms with Crippen LogP contribution in [0.15, 0.2) is 6.20 Å². The number of amides is 2. The van der Waals surface area contributed by atoms with Crippen LogP contribution < -0.4 is 5.32 Å². The number of likely N-dealkylation sites (N-methyl/N-ethyl adjacent to an activating group) is 1. The van der Waals surface area contributed by atoms with Crippen LogP contribution in [0.4, 0.5) is 0 Å². The first-order chi connectivity index (χ1) is 7.56. The number of aryl methyl sites for hydroxylation is 1. The minimum Gasteiger partial charge on any atom is -0.344 e.